The smallest absolute Gasteiger partial charge is 0.269 e. The second kappa shape index (κ2) is 5.96. The van der Waals surface area contributed by atoms with Gasteiger partial charge in [-0.3, -0.25) is 10.1 Å². The fourth-order valence-electron chi connectivity index (χ4n) is 2.43. The zero-order valence-electron chi connectivity index (χ0n) is 13.0. The number of aromatic amines is 1. The van der Waals surface area contributed by atoms with Crippen LogP contribution in [-0.4, -0.2) is 24.0 Å². The highest BCUT2D eigenvalue weighted by atomic mass is 16.6. The third kappa shape index (κ3) is 3.08. The second-order valence-electron chi connectivity index (χ2n) is 5.53. The number of benzene rings is 2. The molecular weight excluding hydrogens is 290 g/mol. The Bertz CT molecular complexity index is 818. The number of hydrogen-bond donors (Lipinski definition) is 1. The number of H-pyrrole nitrogens is 1. The minimum atomic E-state index is -0.393. The molecule has 0 saturated carbocycles. The monoisotopic (exact) mass is 307 g/mol. The zero-order valence-corrected chi connectivity index (χ0v) is 13.0. The maximum atomic E-state index is 10.7. The maximum Gasteiger partial charge on any atom is 0.269 e. The minimum Gasteiger partial charge on any atom is -0.378 e. The normalized spacial score (nSPS) is 10.5. The van der Waals surface area contributed by atoms with E-state index in [0.717, 1.165) is 28.2 Å². The van der Waals surface area contributed by atoms with Gasteiger partial charge in [-0.25, -0.2) is 0 Å². The first-order chi connectivity index (χ1) is 11.0. The summed E-state index contributed by atoms with van der Waals surface area (Å²) in [5.74, 6) is 0. The molecule has 0 fully saturated rings. The van der Waals surface area contributed by atoms with E-state index in [9.17, 15) is 10.1 Å². The third-order valence-electron chi connectivity index (χ3n) is 3.77. The summed E-state index contributed by atoms with van der Waals surface area (Å²) < 4.78 is 0. The molecule has 1 heterocycles. The van der Waals surface area contributed by atoms with E-state index in [4.69, 9.17) is 0 Å². The van der Waals surface area contributed by atoms with E-state index >= 15 is 0 Å². The Balaban J connectivity index is 1.86. The number of non-ortho nitro benzene ring substituents is 1. The molecule has 0 radical (unpaired) electrons. The number of nitro benzene ring substituents is 1. The first-order valence-electron chi connectivity index (χ1n) is 7.26. The molecule has 0 unspecified atom stereocenters. The van der Waals surface area contributed by atoms with Gasteiger partial charge in [0.1, 0.15) is 0 Å². The predicted molar refractivity (Wildman–Crippen MR) is 92.6 cm³/mol. The van der Waals surface area contributed by atoms with Crippen LogP contribution in [0.2, 0.25) is 0 Å². The summed E-state index contributed by atoms with van der Waals surface area (Å²) in [6, 6.07) is 18.8. The largest absolute Gasteiger partial charge is 0.378 e. The van der Waals surface area contributed by atoms with Gasteiger partial charge in [0.15, 0.2) is 0 Å². The van der Waals surface area contributed by atoms with E-state index < -0.39 is 4.92 Å². The molecule has 0 bridgehead atoms. The number of nitrogens with one attached hydrogen (secondary N) is 1. The second-order valence-corrected chi connectivity index (χ2v) is 5.53. The Morgan fingerprint density at radius 1 is 0.826 bits per heavy atom. The van der Waals surface area contributed by atoms with Crippen LogP contribution in [0.15, 0.2) is 60.7 Å². The quantitative estimate of drug-likeness (QED) is 0.576. The molecule has 2 aromatic carbocycles. The lowest BCUT2D eigenvalue weighted by atomic mass is 10.1. The van der Waals surface area contributed by atoms with Gasteiger partial charge in [-0.05, 0) is 47.5 Å². The first kappa shape index (κ1) is 14.8. The molecule has 1 aromatic heterocycles. The van der Waals surface area contributed by atoms with Crippen molar-refractivity contribution in [1.82, 2.24) is 4.98 Å². The molecule has 23 heavy (non-hydrogen) atoms. The lowest BCUT2D eigenvalue weighted by Gasteiger charge is -2.12. The fraction of sp³-hybridized carbons (Fsp3) is 0.111. The van der Waals surface area contributed by atoms with Gasteiger partial charge in [-0.15, -0.1) is 0 Å². The number of anilines is 1. The fourth-order valence-corrected chi connectivity index (χ4v) is 2.43. The van der Waals surface area contributed by atoms with Gasteiger partial charge >= 0.3 is 0 Å². The summed E-state index contributed by atoms with van der Waals surface area (Å²) in [6.45, 7) is 0. The Labute approximate surface area is 134 Å². The molecule has 0 atom stereocenters. The van der Waals surface area contributed by atoms with E-state index in [1.165, 1.54) is 12.1 Å². The lowest BCUT2D eigenvalue weighted by Crippen LogP contribution is -2.07. The molecule has 0 spiro atoms. The van der Waals surface area contributed by atoms with Gasteiger partial charge < -0.3 is 9.88 Å². The van der Waals surface area contributed by atoms with Gasteiger partial charge in [0.25, 0.3) is 5.69 Å². The van der Waals surface area contributed by atoms with Gasteiger partial charge in [-0.2, -0.15) is 0 Å². The van der Waals surface area contributed by atoms with Crippen LogP contribution in [0.3, 0.4) is 0 Å². The first-order valence-corrected chi connectivity index (χ1v) is 7.26. The highest BCUT2D eigenvalue weighted by Gasteiger charge is 2.07. The molecule has 0 aliphatic rings. The highest BCUT2D eigenvalue weighted by molar-refractivity contribution is 5.70. The van der Waals surface area contributed by atoms with Crippen LogP contribution in [0.5, 0.6) is 0 Å². The number of aromatic nitrogens is 1. The number of rotatable bonds is 4. The third-order valence-corrected chi connectivity index (χ3v) is 3.77. The van der Waals surface area contributed by atoms with Crippen LogP contribution in [0.4, 0.5) is 11.4 Å². The Morgan fingerprint density at radius 3 is 1.74 bits per heavy atom. The van der Waals surface area contributed by atoms with Gasteiger partial charge in [-0.1, -0.05) is 12.1 Å². The Hall–Kier alpha value is -3.08. The maximum absolute atomic E-state index is 10.7. The summed E-state index contributed by atoms with van der Waals surface area (Å²) >= 11 is 0. The van der Waals surface area contributed by atoms with Crippen molar-refractivity contribution in [3.8, 4) is 22.5 Å². The van der Waals surface area contributed by atoms with Crippen molar-refractivity contribution >= 4 is 11.4 Å². The van der Waals surface area contributed by atoms with E-state index in [-0.39, 0.29) is 5.69 Å². The molecule has 3 aromatic rings. The van der Waals surface area contributed by atoms with Crippen LogP contribution in [0, 0.1) is 10.1 Å². The number of hydrogen-bond acceptors (Lipinski definition) is 3. The van der Waals surface area contributed by atoms with Crippen molar-refractivity contribution in [2.45, 2.75) is 0 Å². The van der Waals surface area contributed by atoms with Gasteiger partial charge in [0.05, 0.1) is 4.92 Å². The highest BCUT2D eigenvalue weighted by Crippen LogP contribution is 2.27. The molecule has 116 valence electrons. The van der Waals surface area contributed by atoms with E-state index in [1.54, 1.807) is 12.1 Å². The van der Waals surface area contributed by atoms with E-state index in [1.807, 2.05) is 26.2 Å². The van der Waals surface area contributed by atoms with Crippen molar-refractivity contribution in [2.75, 3.05) is 19.0 Å². The van der Waals surface area contributed by atoms with Crippen molar-refractivity contribution in [2.24, 2.45) is 0 Å². The van der Waals surface area contributed by atoms with E-state index in [0.29, 0.717) is 0 Å². The number of nitrogens with zero attached hydrogens (tertiary/aromatic N) is 2. The van der Waals surface area contributed by atoms with Crippen molar-refractivity contribution in [1.29, 1.82) is 0 Å². The van der Waals surface area contributed by atoms with Crippen molar-refractivity contribution in [3.05, 3.63) is 70.8 Å². The average Bonchev–Trinajstić information content (AvgIpc) is 3.05. The standard InChI is InChI=1S/C18H17N3O2/c1-20(2)15-7-3-13(4-8-15)17-11-12-18(19-17)14-5-9-16(10-6-14)21(22)23/h3-12,19H,1-2H3. The summed E-state index contributed by atoms with van der Waals surface area (Å²) in [5.41, 5.74) is 5.22. The van der Waals surface area contributed by atoms with Crippen molar-refractivity contribution in [3.63, 3.8) is 0 Å². The van der Waals surface area contributed by atoms with Crippen LogP contribution in [0.1, 0.15) is 0 Å². The molecular formula is C18H17N3O2. The summed E-state index contributed by atoms with van der Waals surface area (Å²) in [6.07, 6.45) is 0. The molecule has 5 nitrogen and oxygen atoms in total. The molecule has 0 amide bonds. The van der Waals surface area contributed by atoms with Crippen LogP contribution >= 0.6 is 0 Å². The molecule has 0 aliphatic heterocycles. The number of nitro groups is 1. The van der Waals surface area contributed by atoms with Gasteiger partial charge in [0.2, 0.25) is 0 Å². The molecule has 0 aliphatic carbocycles. The molecule has 0 saturated heterocycles. The SMILES string of the molecule is CN(C)c1ccc(-c2ccc(-c3ccc([N+](=O)[O-])cc3)[nH]2)cc1. The van der Waals surface area contributed by atoms with Gasteiger partial charge in [0, 0.05) is 43.3 Å². The van der Waals surface area contributed by atoms with Crippen LogP contribution in [0.25, 0.3) is 22.5 Å². The molecule has 1 N–H and O–H groups in total. The summed E-state index contributed by atoms with van der Waals surface area (Å²) in [4.78, 5) is 15.7. The molecule has 5 heteroatoms. The average molecular weight is 307 g/mol. The van der Waals surface area contributed by atoms with Crippen molar-refractivity contribution < 1.29 is 4.92 Å². The molecule has 3 rings (SSSR count). The lowest BCUT2D eigenvalue weighted by molar-refractivity contribution is -0.384. The van der Waals surface area contributed by atoms with Crippen LogP contribution in [-0.2, 0) is 0 Å². The summed E-state index contributed by atoms with van der Waals surface area (Å²) in [7, 11) is 4.02. The predicted octanol–water partition coefficient (Wildman–Crippen LogP) is 4.32. The summed E-state index contributed by atoms with van der Waals surface area (Å²) in [5, 5.41) is 10.7. The topological polar surface area (TPSA) is 62.2 Å². The minimum absolute atomic E-state index is 0.0970. The Kier molecular flexibility index (Phi) is 3.85. The van der Waals surface area contributed by atoms with E-state index in [2.05, 4.69) is 34.1 Å². The Morgan fingerprint density at radius 2 is 1.30 bits per heavy atom. The van der Waals surface area contributed by atoms with Crippen LogP contribution < -0.4 is 4.90 Å². The zero-order chi connectivity index (χ0) is 16.4.